The van der Waals surface area contributed by atoms with Gasteiger partial charge in [0.15, 0.2) is 5.76 Å². The van der Waals surface area contributed by atoms with Crippen LogP contribution in [0.25, 0.3) is 5.57 Å². The number of hydrogen-bond acceptors (Lipinski definition) is 5. The summed E-state index contributed by atoms with van der Waals surface area (Å²) in [6.07, 6.45) is 0. The summed E-state index contributed by atoms with van der Waals surface area (Å²) in [5.41, 5.74) is 2.71. The number of para-hydroxylation sites is 1. The van der Waals surface area contributed by atoms with Gasteiger partial charge in [-0.3, -0.25) is 4.79 Å². The summed E-state index contributed by atoms with van der Waals surface area (Å²) >= 11 is 0. The molecule has 0 saturated heterocycles. The Labute approximate surface area is 191 Å². The molecule has 33 heavy (non-hydrogen) atoms. The fraction of sp³-hybridized carbons (Fsp3) is 0.154. The molecule has 1 amide bonds. The lowest BCUT2D eigenvalue weighted by atomic mass is 9.92. The summed E-state index contributed by atoms with van der Waals surface area (Å²) in [4.78, 5) is 26.1. The minimum Gasteiger partial charge on any atom is -0.503 e. The van der Waals surface area contributed by atoms with Crippen molar-refractivity contribution >= 4 is 17.4 Å². The molecule has 2 N–H and O–H groups in total. The minimum atomic E-state index is -1.04. The van der Waals surface area contributed by atoms with Crippen LogP contribution in [0.5, 0.6) is 11.5 Å². The summed E-state index contributed by atoms with van der Waals surface area (Å²) < 4.78 is 10.7. The van der Waals surface area contributed by atoms with Crippen LogP contribution in [0.3, 0.4) is 0 Å². The highest BCUT2D eigenvalue weighted by Crippen LogP contribution is 2.44. The standard InChI is InChI=1S/C26H23NO6/c1-32-20-13-11-16(12-14-20)22-23(17-7-9-18(10-8-17)26(30)31)27(25(29)24(22)28)15-19-5-3-4-6-21(19)33-2/h3-14,23,28H,15H2,1-2H3,(H,30,31)/t23-/m0/s1. The number of hydrogen-bond donors (Lipinski definition) is 2. The van der Waals surface area contributed by atoms with Crippen molar-refractivity contribution in [1.82, 2.24) is 4.90 Å². The van der Waals surface area contributed by atoms with Crippen molar-refractivity contribution in [2.24, 2.45) is 0 Å². The number of nitrogens with zero attached hydrogens (tertiary/aromatic N) is 1. The zero-order valence-electron chi connectivity index (χ0n) is 18.2. The van der Waals surface area contributed by atoms with Crippen LogP contribution >= 0.6 is 0 Å². The van der Waals surface area contributed by atoms with E-state index < -0.39 is 17.9 Å². The highest BCUT2D eigenvalue weighted by Gasteiger charge is 2.41. The monoisotopic (exact) mass is 445 g/mol. The first kappa shape index (κ1) is 22.0. The van der Waals surface area contributed by atoms with Crippen molar-refractivity contribution < 1.29 is 29.3 Å². The van der Waals surface area contributed by atoms with Gasteiger partial charge in [-0.15, -0.1) is 0 Å². The molecule has 7 heteroatoms. The van der Waals surface area contributed by atoms with Gasteiger partial charge in [-0.25, -0.2) is 4.79 Å². The Hall–Kier alpha value is -4.26. The molecule has 1 heterocycles. The van der Waals surface area contributed by atoms with E-state index in [1.807, 2.05) is 24.3 Å². The van der Waals surface area contributed by atoms with E-state index in [0.29, 0.717) is 28.2 Å². The van der Waals surface area contributed by atoms with Crippen LogP contribution in [0.15, 0.2) is 78.6 Å². The quantitative estimate of drug-likeness (QED) is 0.558. The van der Waals surface area contributed by atoms with E-state index in [1.165, 1.54) is 12.1 Å². The molecule has 1 aliphatic heterocycles. The van der Waals surface area contributed by atoms with Crippen LogP contribution in [0.2, 0.25) is 0 Å². The Morgan fingerprint density at radius 2 is 1.61 bits per heavy atom. The first-order valence-corrected chi connectivity index (χ1v) is 10.3. The Morgan fingerprint density at radius 3 is 2.21 bits per heavy atom. The van der Waals surface area contributed by atoms with Crippen LogP contribution < -0.4 is 9.47 Å². The number of aromatic carboxylic acids is 1. The molecule has 0 saturated carbocycles. The van der Waals surface area contributed by atoms with Gasteiger partial charge in [0.2, 0.25) is 0 Å². The zero-order valence-corrected chi connectivity index (χ0v) is 18.2. The average molecular weight is 445 g/mol. The summed E-state index contributed by atoms with van der Waals surface area (Å²) in [6.45, 7) is 0.192. The van der Waals surface area contributed by atoms with Gasteiger partial charge < -0.3 is 24.6 Å². The summed E-state index contributed by atoms with van der Waals surface area (Å²) in [6, 6.07) is 20.1. The molecule has 0 aromatic heterocycles. The first-order chi connectivity index (χ1) is 15.9. The number of carboxylic acid groups (broad SMARTS) is 1. The largest absolute Gasteiger partial charge is 0.503 e. The van der Waals surface area contributed by atoms with Gasteiger partial charge in [0, 0.05) is 11.1 Å². The van der Waals surface area contributed by atoms with Crippen LogP contribution in [0.1, 0.15) is 33.1 Å². The molecule has 0 unspecified atom stereocenters. The first-order valence-electron chi connectivity index (χ1n) is 10.3. The lowest BCUT2D eigenvalue weighted by Gasteiger charge is -2.28. The number of carboxylic acids is 1. The van der Waals surface area contributed by atoms with Gasteiger partial charge in [-0.05, 0) is 41.5 Å². The summed E-state index contributed by atoms with van der Waals surface area (Å²) in [5.74, 6) is -0.621. The fourth-order valence-electron chi connectivity index (χ4n) is 4.05. The fourth-order valence-corrected chi connectivity index (χ4v) is 4.05. The third-order valence-electron chi connectivity index (χ3n) is 5.71. The van der Waals surface area contributed by atoms with E-state index >= 15 is 0 Å². The van der Waals surface area contributed by atoms with Crippen LogP contribution in [-0.4, -0.2) is 41.2 Å². The molecule has 0 spiro atoms. The van der Waals surface area contributed by atoms with E-state index in [9.17, 15) is 19.8 Å². The summed E-state index contributed by atoms with van der Waals surface area (Å²) in [5, 5.41) is 20.2. The number of methoxy groups -OCH3 is 2. The van der Waals surface area contributed by atoms with Crippen molar-refractivity contribution in [3.63, 3.8) is 0 Å². The zero-order chi connectivity index (χ0) is 23.5. The van der Waals surface area contributed by atoms with Crippen LogP contribution in [0.4, 0.5) is 0 Å². The van der Waals surface area contributed by atoms with Crippen molar-refractivity contribution in [2.45, 2.75) is 12.6 Å². The molecule has 1 aliphatic rings. The second-order valence-electron chi connectivity index (χ2n) is 7.57. The molecule has 168 valence electrons. The Kier molecular flexibility index (Phi) is 6.04. The molecule has 0 aliphatic carbocycles. The third-order valence-corrected chi connectivity index (χ3v) is 5.71. The van der Waals surface area contributed by atoms with Crippen molar-refractivity contribution in [1.29, 1.82) is 0 Å². The number of ether oxygens (including phenoxy) is 2. The normalized spacial score (nSPS) is 15.6. The Bertz CT molecular complexity index is 1210. The second kappa shape index (κ2) is 9.08. The maximum atomic E-state index is 13.2. The van der Waals surface area contributed by atoms with Gasteiger partial charge >= 0.3 is 5.97 Å². The number of benzene rings is 3. The topological polar surface area (TPSA) is 96.3 Å². The lowest BCUT2D eigenvalue weighted by molar-refractivity contribution is -0.130. The number of aliphatic hydroxyl groups is 1. The molecule has 0 bridgehead atoms. The Balaban J connectivity index is 1.81. The average Bonchev–Trinajstić information content (AvgIpc) is 3.09. The Morgan fingerprint density at radius 1 is 0.939 bits per heavy atom. The maximum absolute atomic E-state index is 13.2. The molecule has 0 fully saturated rings. The molecule has 4 rings (SSSR count). The van der Waals surface area contributed by atoms with Crippen molar-refractivity contribution in [3.05, 3.63) is 101 Å². The number of rotatable bonds is 7. The lowest BCUT2D eigenvalue weighted by Crippen LogP contribution is -2.30. The van der Waals surface area contributed by atoms with E-state index in [-0.39, 0.29) is 17.9 Å². The highest BCUT2D eigenvalue weighted by atomic mass is 16.5. The SMILES string of the molecule is COc1ccc(C2=C(O)C(=O)N(Cc3ccccc3OC)[C@H]2c2ccc(C(=O)O)cc2)cc1. The molecule has 3 aromatic rings. The van der Waals surface area contributed by atoms with Crippen LogP contribution in [-0.2, 0) is 11.3 Å². The van der Waals surface area contributed by atoms with E-state index in [0.717, 1.165) is 5.56 Å². The molecule has 0 radical (unpaired) electrons. The number of aliphatic hydroxyl groups excluding tert-OH is 1. The molecular formula is C26H23NO6. The van der Waals surface area contributed by atoms with Crippen LogP contribution in [0, 0.1) is 0 Å². The molecule has 7 nitrogen and oxygen atoms in total. The van der Waals surface area contributed by atoms with Crippen molar-refractivity contribution in [3.8, 4) is 11.5 Å². The number of carbonyl (C=O) groups is 2. The van der Waals surface area contributed by atoms with Crippen molar-refractivity contribution in [2.75, 3.05) is 14.2 Å². The number of carbonyl (C=O) groups excluding carboxylic acids is 1. The predicted molar refractivity (Wildman–Crippen MR) is 122 cm³/mol. The maximum Gasteiger partial charge on any atom is 0.335 e. The van der Waals surface area contributed by atoms with Gasteiger partial charge in [-0.2, -0.15) is 0 Å². The minimum absolute atomic E-state index is 0.138. The smallest absolute Gasteiger partial charge is 0.335 e. The predicted octanol–water partition coefficient (Wildman–Crippen LogP) is 4.45. The van der Waals surface area contributed by atoms with Gasteiger partial charge in [0.1, 0.15) is 11.5 Å². The molecule has 1 atom stereocenters. The summed E-state index contributed by atoms with van der Waals surface area (Å²) in [7, 11) is 3.12. The van der Waals surface area contributed by atoms with Gasteiger partial charge in [-0.1, -0.05) is 42.5 Å². The molecule has 3 aromatic carbocycles. The van der Waals surface area contributed by atoms with Gasteiger partial charge in [0.05, 0.1) is 32.4 Å². The van der Waals surface area contributed by atoms with Gasteiger partial charge in [0.25, 0.3) is 5.91 Å². The van der Waals surface area contributed by atoms with E-state index in [4.69, 9.17) is 9.47 Å². The van der Waals surface area contributed by atoms with E-state index in [2.05, 4.69) is 0 Å². The molecular weight excluding hydrogens is 422 g/mol. The second-order valence-corrected chi connectivity index (χ2v) is 7.57. The highest BCUT2D eigenvalue weighted by molar-refractivity contribution is 6.05. The van der Waals surface area contributed by atoms with E-state index in [1.54, 1.807) is 55.5 Å². The number of amides is 1. The third kappa shape index (κ3) is 4.13.